The normalized spacial score (nSPS) is 14.9. The maximum atomic E-state index is 6.36. The van der Waals surface area contributed by atoms with E-state index in [9.17, 15) is 0 Å². The minimum atomic E-state index is -0.173. The third-order valence-electron chi connectivity index (χ3n) is 5.53. The van der Waals surface area contributed by atoms with E-state index in [0.29, 0.717) is 22.6 Å². The Bertz CT molecular complexity index is 1440. The Kier molecular flexibility index (Phi) is 3.88. The zero-order valence-corrected chi connectivity index (χ0v) is 17.6. The van der Waals surface area contributed by atoms with Crippen molar-refractivity contribution in [2.45, 2.75) is 19.8 Å². The fourth-order valence-corrected chi connectivity index (χ4v) is 4.34. The predicted octanol–water partition coefficient (Wildman–Crippen LogP) is 4.87. The average Bonchev–Trinajstić information content (AvgIpc) is 3.33. The second kappa shape index (κ2) is 6.65. The zero-order valence-electron chi connectivity index (χ0n) is 16.8. The van der Waals surface area contributed by atoms with Gasteiger partial charge in [0.05, 0.1) is 28.4 Å². The summed E-state index contributed by atoms with van der Waals surface area (Å²) in [5, 5.41) is 9.94. The van der Waals surface area contributed by atoms with Crippen LogP contribution in [0.5, 0.6) is 11.8 Å². The minimum absolute atomic E-state index is 0.173. The van der Waals surface area contributed by atoms with Gasteiger partial charge in [-0.1, -0.05) is 41.9 Å². The van der Waals surface area contributed by atoms with Gasteiger partial charge in [-0.3, -0.25) is 0 Å². The summed E-state index contributed by atoms with van der Waals surface area (Å²) in [7, 11) is 0. The van der Waals surface area contributed by atoms with E-state index in [2.05, 4.69) is 15.1 Å². The first-order valence-corrected chi connectivity index (χ1v) is 10.3. The summed E-state index contributed by atoms with van der Waals surface area (Å²) in [6.45, 7) is 3.86. The lowest BCUT2D eigenvalue weighted by atomic mass is 9.84. The largest absolute Gasteiger partial charge is 0.420 e. The van der Waals surface area contributed by atoms with Gasteiger partial charge in [0.2, 0.25) is 11.8 Å². The van der Waals surface area contributed by atoms with Crippen molar-refractivity contribution in [3.8, 4) is 17.4 Å². The minimum Gasteiger partial charge on any atom is -0.420 e. The molecular weight excluding hydrogens is 412 g/mol. The van der Waals surface area contributed by atoms with Crippen molar-refractivity contribution in [2.24, 2.45) is 0 Å². The molecule has 6 rings (SSSR count). The van der Waals surface area contributed by atoms with Gasteiger partial charge < -0.3 is 4.74 Å². The van der Waals surface area contributed by atoms with Gasteiger partial charge in [-0.15, -0.1) is 0 Å². The van der Waals surface area contributed by atoms with E-state index in [1.807, 2.05) is 73.1 Å². The molecule has 2 aromatic carbocycles. The van der Waals surface area contributed by atoms with Crippen LogP contribution in [0.3, 0.4) is 0 Å². The molecule has 4 heterocycles. The van der Waals surface area contributed by atoms with Crippen molar-refractivity contribution < 1.29 is 4.74 Å². The maximum absolute atomic E-state index is 6.36. The third kappa shape index (κ3) is 2.74. The van der Waals surface area contributed by atoms with Gasteiger partial charge in [0, 0.05) is 5.02 Å². The zero-order chi connectivity index (χ0) is 21.1. The SMILES string of the molecule is Cc1nc2c3c(ncn2n1)Oc1c(c(C)nn1-c1ccccc1)[C@@H]3c1ccc(Cl)cc1. The molecule has 0 saturated heterocycles. The first-order valence-electron chi connectivity index (χ1n) is 9.90. The third-order valence-corrected chi connectivity index (χ3v) is 5.78. The number of fused-ring (bicyclic) bond motifs is 4. The highest BCUT2D eigenvalue weighted by Crippen LogP contribution is 2.49. The van der Waals surface area contributed by atoms with Crippen molar-refractivity contribution in [3.05, 3.63) is 94.2 Å². The lowest BCUT2D eigenvalue weighted by Gasteiger charge is -2.26. The molecule has 5 aromatic rings. The van der Waals surface area contributed by atoms with E-state index < -0.39 is 0 Å². The van der Waals surface area contributed by atoms with E-state index in [4.69, 9.17) is 21.4 Å². The van der Waals surface area contributed by atoms with E-state index in [1.54, 1.807) is 10.8 Å². The molecule has 0 radical (unpaired) electrons. The van der Waals surface area contributed by atoms with Crippen molar-refractivity contribution in [1.29, 1.82) is 0 Å². The summed E-state index contributed by atoms with van der Waals surface area (Å²) in [6, 6.07) is 17.8. The van der Waals surface area contributed by atoms with Crippen LogP contribution in [0.4, 0.5) is 0 Å². The quantitative estimate of drug-likeness (QED) is 0.393. The molecule has 0 unspecified atom stereocenters. The molecule has 8 heteroatoms. The van der Waals surface area contributed by atoms with Crippen molar-refractivity contribution in [2.75, 3.05) is 0 Å². The van der Waals surface area contributed by atoms with Crippen LogP contribution in [0.15, 0.2) is 60.9 Å². The van der Waals surface area contributed by atoms with E-state index in [-0.39, 0.29) is 5.92 Å². The highest BCUT2D eigenvalue weighted by molar-refractivity contribution is 6.30. The van der Waals surface area contributed by atoms with Gasteiger partial charge in [0.25, 0.3) is 0 Å². The van der Waals surface area contributed by atoms with Crippen LogP contribution >= 0.6 is 11.6 Å². The summed E-state index contributed by atoms with van der Waals surface area (Å²) < 4.78 is 9.89. The number of hydrogen-bond acceptors (Lipinski definition) is 5. The van der Waals surface area contributed by atoms with Crippen molar-refractivity contribution in [1.82, 2.24) is 29.4 Å². The van der Waals surface area contributed by atoms with Crippen LogP contribution in [0, 0.1) is 13.8 Å². The summed E-state index contributed by atoms with van der Waals surface area (Å²) in [6.07, 6.45) is 1.63. The molecule has 0 amide bonds. The van der Waals surface area contributed by atoms with Crippen LogP contribution in [0.1, 0.15) is 34.1 Å². The van der Waals surface area contributed by atoms with Crippen molar-refractivity contribution in [3.63, 3.8) is 0 Å². The molecule has 1 aliphatic rings. The number of ether oxygens (including phenoxy) is 1. The molecule has 0 saturated carbocycles. The molecule has 7 nitrogen and oxygen atoms in total. The first kappa shape index (κ1) is 18.1. The lowest BCUT2D eigenvalue weighted by molar-refractivity contribution is 0.402. The van der Waals surface area contributed by atoms with Gasteiger partial charge >= 0.3 is 0 Å². The number of aryl methyl sites for hydroxylation is 2. The average molecular weight is 429 g/mol. The smallest absolute Gasteiger partial charge is 0.230 e. The first-order chi connectivity index (χ1) is 15.1. The topological polar surface area (TPSA) is 70.1 Å². The Labute approximate surface area is 182 Å². The molecule has 3 aromatic heterocycles. The highest BCUT2D eigenvalue weighted by atomic mass is 35.5. The number of hydrogen-bond donors (Lipinski definition) is 0. The van der Waals surface area contributed by atoms with Gasteiger partial charge in [-0.05, 0) is 43.7 Å². The second-order valence-electron chi connectivity index (χ2n) is 7.53. The molecule has 31 heavy (non-hydrogen) atoms. The van der Waals surface area contributed by atoms with E-state index in [1.165, 1.54) is 0 Å². The standard InChI is InChI=1S/C23H17ClN6O/c1-13-18-19(15-8-10-16(24)11-9-15)20-21-26-14(2)28-29(21)12-25-22(20)31-23(18)30(27-13)17-6-4-3-5-7-17/h3-12,19H,1-2H3/t19-/m0/s1. The Morgan fingerprint density at radius 3 is 2.48 bits per heavy atom. The molecular formula is C23H17ClN6O. The van der Waals surface area contributed by atoms with E-state index >= 15 is 0 Å². The van der Waals surface area contributed by atoms with Crippen LogP contribution in [0.25, 0.3) is 11.3 Å². The molecule has 0 aliphatic carbocycles. The summed E-state index contributed by atoms with van der Waals surface area (Å²) >= 11 is 6.18. The summed E-state index contributed by atoms with van der Waals surface area (Å²) in [4.78, 5) is 9.23. The van der Waals surface area contributed by atoms with Crippen LogP contribution < -0.4 is 4.74 Å². The molecule has 1 atom stereocenters. The van der Waals surface area contributed by atoms with Gasteiger partial charge in [0.15, 0.2) is 5.65 Å². The summed E-state index contributed by atoms with van der Waals surface area (Å²) in [5.74, 6) is 1.66. The Morgan fingerprint density at radius 1 is 0.935 bits per heavy atom. The van der Waals surface area contributed by atoms with Gasteiger partial charge in [0.1, 0.15) is 12.2 Å². The Hall–Kier alpha value is -3.71. The number of nitrogens with zero attached hydrogens (tertiary/aromatic N) is 6. The molecule has 0 fully saturated rings. The van der Waals surface area contributed by atoms with Crippen molar-refractivity contribution >= 4 is 17.2 Å². The van der Waals surface area contributed by atoms with Crippen LogP contribution in [-0.4, -0.2) is 29.4 Å². The number of halogens is 1. The van der Waals surface area contributed by atoms with Gasteiger partial charge in [-0.2, -0.15) is 10.2 Å². The molecule has 152 valence electrons. The number of aromatic nitrogens is 6. The molecule has 0 bridgehead atoms. The van der Waals surface area contributed by atoms with Gasteiger partial charge in [-0.25, -0.2) is 19.2 Å². The molecule has 0 N–H and O–H groups in total. The fourth-order valence-electron chi connectivity index (χ4n) is 4.22. The number of benzene rings is 2. The number of para-hydroxylation sites is 1. The monoisotopic (exact) mass is 428 g/mol. The lowest BCUT2D eigenvalue weighted by Crippen LogP contribution is -2.16. The maximum Gasteiger partial charge on any atom is 0.230 e. The highest BCUT2D eigenvalue weighted by Gasteiger charge is 2.37. The second-order valence-corrected chi connectivity index (χ2v) is 7.97. The fraction of sp³-hybridized carbons (Fsp3) is 0.130. The van der Waals surface area contributed by atoms with Crippen LogP contribution in [0.2, 0.25) is 5.02 Å². The predicted molar refractivity (Wildman–Crippen MR) is 116 cm³/mol. The molecule has 0 spiro atoms. The van der Waals surface area contributed by atoms with E-state index in [0.717, 1.165) is 33.7 Å². The summed E-state index contributed by atoms with van der Waals surface area (Å²) in [5.41, 5.74) is 5.43. The Balaban J connectivity index is 1.67. The molecule has 1 aliphatic heterocycles. The van der Waals surface area contributed by atoms with Crippen LogP contribution in [-0.2, 0) is 0 Å². The number of rotatable bonds is 2. The Morgan fingerprint density at radius 2 is 1.71 bits per heavy atom.